The molecule has 0 fully saturated rings. The highest BCUT2D eigenvalue weighted by Crippen LogP contribution is 2.12. The van der Waals surface area contributed by atoms with Crippen LogP contribution in [0.3, 0.4) is 0 Å². The summed E-state index contributed by atoms with van der Waals surface area (Å²) in [7, 11) is -3.59. The third-order valence-electron chi connectivity index (χ3n) is 1.91. The summed E-state index contributed by atoms with van der Waals surface area (Å²) in [6, 6.07) is 6.16. The first kappa shape index (κ1) is 13.7. The smallest absolute Gasteiger partial charge is 0.295 e. The van der Waals surface area contributed by atoms with E-state index in [1.165, 1.54) is 13.0 Å². The molecule has 1 aromatic rings. The molecular formula is C11H16N2O3S. The topological polar surface area (TPSA) is 75.3 Å². The second-order valence-electron chi connectivity index (χ2n) is 4.02. The molecule has 0 aliphatic carbocycles. The monoisotopic (exact) mass is 256 g/mol. The standard InChI is InChI=1S/C11H16N2O3S/c1-8(2)12-17(15,16)13-11-6-4-5-10(7-11)9(3)14/h4-8,12-13H,1-3H3. The molecule has 5 nitrogen and oxygen atoms in total. The highest BCUT2D eigenvalue weighted by molar-refractivity contribution is 7.90. The van der Waals surface area contributed by atoms with E-state index >= 15 is 0 Å². The van der Waals surface area contributed by atoms with E-state index in [2.05, 4.69) is 9.44 Å². The third kappa shape index (κ3) is 4.54. The van der Waals surface area contributed by atoms with Crippen molar-refractivity contribution in [1.82, 2.24) is 4.72 Å². The first-order chi connectivity index (χ1) is 7.80. The van der Waals surface area contributed by atoms with Crippen molar-refractivity contribution in [2.75, 3.05) is 4.72 Å². The van der Waals surface area contributed by atoms with Crippen molar-refractivity contribution in [3.8, 4) is 0 Å². The summed E-state index contributed by atoms with van der Waals surface area (Å²) < 4.78 is 27.9. The molecule has 0 aromatic heterocycles. The van der Waals surface area contributed by atoms with E-state index in [-0.39, 0.29) is 11.8 Å². The lowest BCUT2D eigenvalue weighted by atomic mass is 10.1. The van der Waals surface area contributed by atoms with E-state index in [0.717, 1.165) is 0 Å². The predicted octanol–water partition coefficient (Wildman–Crippen LogP) is 1.54. The van der Waals surface area contributed by atoms with Crippen molar-refractivity contribution >= 4 is 21.7 Å². The van der Waals surface area contributed by atoms with Gasteiger partial charge in [0.2, 0.25) is 0 Å². The Labute approximate surface area is 101 Å². The molecule has 0 spiro atoms. The van der Waals surface area contributed by atoms with Crippen LogP contribution < -0.4 is 9.44 Å². The number of anilines is 1. The quantitative estimate of drug-likeness (QED) is 0.785. The molecule has 0 bridgehead atoms. The first-order valence-electron chi connectivity index (χ1n) is 5.21. The Balaban J connectivity index is 2.89. The fraction of sp³-hybridized carbons (Fsp3) is 0.364. The minimum Gasteiger partial charge on any atom is -0.295 e. The predicted molar refractivity (Wildman–Crippen MR) is 67.3 cm³/mol. The molecule has 94 valence electrons. The van der Waals surface area contributed by atoms with Crippen molar-refractivity contribution in [1.29, 1.82) is 0 Å². The second-order valence-corrected chi connectivity index (χ2v) is 5.46. The van der Waals surface area contributed by atoms with Crippen molar-refractivity contribution in [3.05, 3.63) is 29.8 Å². The van der Waals surface area contributed by atoms with Gasteiger partial charge in [-0.15, -0.1) is 0 Å². The van der Waals surface area contributed by atoms with Crippen LogP contribution in [0.2, 0.25) is 0 Å². The van der Waals surface area contributed by atoms with Crippen LogP contribution in [0.25, 0.3) is 0 Å². The Morgan fingerprint density at radius 2 is 1.94 bits per heavy atom. The molecule has 6 heteroatoms. The molecule has 0 amide bonds. The first-order valence-corrected chi connectivity index (χ1v) is 6.69. The lowest BCUT2D eigenvalue weighted by molar-refractivity contribution is 0.101. The number of rotatable bonds is 5. The van der Waals surface area contributed by atoms with Gasteiger partial charge in [0.1, 0.15) is 0 Å². The number of carbonyl (C=O) groups is 1. The van der Waals surface area contributed by atoms with Gasteiger partial charge in [0.05, 0.1) is 5.69 Å². The van der Waals surface area contributed by atoms with Crippen LogP contribution in [0.1, 0.15) is 31.1 Å². The van der Waals surface area contributed by atoms with E-state index in [0.29, 0.717) is 11.3 Å². The van der Waals surface area contributed by atoms with Gasteiger partial charge in [0, 0.05) is 11.6 Å². The minimum absolute atomic E-state index is 0.108. The molecule has 0 aliphatic heterocycles. The van der Waals surface area contributed by atoms with Crippen LogP contribution in [0.5, 0.6) is 0 Å². The molecule has 0 atom stereocenters. The Hall–Kier alpha value is -1.40. The molecule has 1 rings (SSSR count). The van der Waals surface area contributed by atoms with Crippen LogP contribution >= 0.6 is 0 Å². The van der Waals surface area contributed by atoms with Gasteiger partial charge >= 0.3 is 0 Å². The van der Waals surface area contributed by atoms with Crippen LogP contribution in [-0.2, 0) is 10.2 Å². The summed E-state index contributed by atoms with van der Waals surface area (Å²) in [6.45, 7) is 4.89. The van der Waals surface area contributed by atoms with Gasteiger partial charge < -0.3 is 0 Å². The Kier molecular flexibility index (Phi) is 4.25. The maximum absolute atomic E-state index is 11.6. The van der Waals surface area contributed by atoms with E-state index in [1.807, 2.05) is 0 Å². The van der Waals surface area contributed by atoms with Crippen molar-refractivity contribution in [2.24, 2.45) is 0 Å². The molecule has 0 radical (unpaired) electrons. The number of carbonyl (C=O) groups excluding carboxylic acids is 1. The Morgan fingerprint density at radius 3 is 2.47 bits per heavy atom. The summed E-state index contributed by atoms with van der Waals surface area (Å²) >= 11 is 0. The molecule has 17 heavy (non-hydrogen) atoms. The number of nitrogens with one attached hydrogen (secondary N) is 2. The van der Waals surface area contributed by atoms with Crippen molar-refractivity contribution < 1.29 is 13.2 Å². The average molecular weight is 256 g/mol. The zero-order valence-electron chi connectivity index (χ0n) is 10.0. The maximum Gasteiger partial charge on any atom is 0.299 e. The van der Waals surface area contributed by atoms with Gasteiger partial charge in [0.25, 0.3) is 10.2 Å². The molecule has 0 saturated carbocycles. The lowest BCUT2D eigenvalue weighted by Gasteiger charge is -2.11. The van der Waals surface area contributed by atoms with Crippen LogP contribution in [0, 0.1) is 0 Å². The van der Waals surface area contributed by atoms with Gasteiger partial charge in [0.15, 0.2) is 5.78 Å². The molecule has 0 unspecified atom stereocenters. The Morgan fingerprint density at radius 1 is 1.29 bits per heavy atom. The highest BCUT2D eigenvalue weighted by atomic mass is 32.2. The minimum atomic E-state index is -3.59. The molecule has 0 saturated heterocycles. The van der Waals surface area contributed by atoms with Gasteiger partial charge in [-0.05, 0) is 32.9 Å². The van der Waals surface area contributed by atoms with Crippen LogP contribution in [0.4, 0.5) is 5.69 Å². The van der Waals surface area contributed by atoms with E-state index in [1.54, 1.807) is 32.0 Å². The van der Waals surface area contributed by atoms with E-state index in [4.69, 9.17) is 0 Å². The Bertz CT molecular complexity index is 509. The molecule has 0 aliphatic rings. The second kappa shape index (κ2) is 5.29. The van der Waals surface area contributed by atoms with E-state index in [9.17, 15) is 13.2 Å². The van der Waals surface area contributed by atoms with Crippen molar-refractivity contribution in [2.45, 2.75) is 26.8 Å². The number of ketones is 1. The third-order valence-corrected chi connectivity index (χ3v) is 3.20. The number of Topliss-reactive ketones (excluding diaryl/α,β-unsaturated/α-hetero) is 1. The maximum atomic E-state index is 11.6. The normalized spacial score (nSPS) is 11.5. The summed E-state index contributed by atoms with van der Waals surface area (Å²) in [5, 5.41) is 0. The largest absolute Gasteiger partial charge is 0.299 e. The molecular weight excluding hydrogens is 240 g/mol. The van der Waals surface area contributed by atoms with Crippen LogP contribution in [-0.4, -0.2) is 20.2 Å². The van der Waals surface area contributed by atoms with Gasteiger partial charge in [-0.1, -0.05) is 12.1 Å². The summed E-state index contributed by atoms with van der Waals surface area (Å²) in [5.74, 6) is -0.108. The van der Waals surface area contributed by atoms with Gasteiger partial charge in [-0.2, -0.15) is 13.1 Å². The average Bonchev–Trinajstić information content (AvgIpc) is 2.14. The summed E-state index contributed by atoms with van der Waals surface area (Å²) in [6.07, 6.45) is 0. The van der Waals surface area contributed by atoms with Gasteiger partial charge in [-0.3, -0.25) is 9.52 Å². The molecule has 2 N–H and O–H groups in total. The zero-order chi connectivity index (χ0) is 13.1. The zero-order valence-corrected chi connectivity index (χ0v) is 10.8. The lowest BCUT2D eigenvalue weighted by Crippen LogP contribution is -2.35. The summed E-state index contributed by atoms with van der Waals surface area (Å²) in [4.78, 5) is 11.1. The van der Waals surface area contributed by atoms with Crippen LogP contribution in [0.15, 0.2) is 24.3 Å². The fourth-order valence-corrected chi connectivity index (χ4v) is 2.41. The number of benzene rings is 1. The number of hydrogen-bond acceptors (Lipinski definition) is 3. The SMILES string of the molecule is CC(=O)c1cccc(NS(=O)(=O)NC(C)C)c1. The highest BCUT2D eigenvalue weighted by Gasteiger charge is 2.11. The summed E-state index contributed by atoms with van der Waals surface area (Å²) in [5.41, 5.74) is 0.834. The molecule has 1 aromatic carbocycles. The van der Waals surface area contributed by atoms with E-state index < -0.39 is 10.2 Å². The number of hydrogen-bond donors (Lipinski definition) is 2. The fourth-order valence-electron chi connectivity index (χ4n) is 1.30. The van der Waals surface area contributed by atoms with Gasteiger partial charge in [-0.25, -0.2) is 0 Å². The molecule has 0 heterocycles. The van der Waals surface area contributed by atoms with Crippen molar-refractivity contribution in [3.63, 3.8) is 0 Å².